The molecule has 0 amide bonds. The van der Waals surface area contributed by atoms with E-state index < -0.39 is 4.92 Å². The van der Waals surface area contributed by atoms with Crippen molar-refractivity contribution in [3.05, 3.63) is 28.0 Å². The van der Waals surface area contributed by atoms with Gasteiger partial charge in [-0.25, -0.2) is 0 Å². The lowest BCUT2D eigenvalue weighted by Gasteiger charge is -2.22. The fourth-order valence-electron chi connectivity index (χ4n) is 1.88. The number of rotatable bonds is 5. The molecule has 2 heterocycles. The molecule has 0 spiro atoms. The van der Waals surface area contributed by atoms with Gasteiger partial charge in [-0.05, 0) is 25.3 Å². The highest BCUT2D eigenvalue weighted by molar-refractivity contribution is 5.17. The molecule has 0 saturated carbocycles. The molecule has 6 nitrogen and oxygen atoms in total. The van der Waals surface area contributed by atoms with Crippen LogP contribution in [0.2, 0.25) is 0 Å². The Hall–Kier alpha value is -1.40. The van der Waals surface area contributed by atoms with Gasteiger partial charge in [-0.2, -0.15) is 0 Å². The largest absolute Gasteiger partial charge is 0.433 e. The molecule has 17 heavy (non-hydrogen) atoms. The summed E-state index contributed by atoms with van der Waals surface area (Å²) in [6, 6.07) is 2.99. The van der Waals surface area contributed by atoms with E-state index in [2.05, 4.69) is 5.32 Å². The molecule has 0 radical (unpaired) electrons. The summed E-state index contributed by atoms with van der Waals surface area (Å²) < 4.78 is 10.6. The average molecular weight is 240 g/mol. The first-order valence-electron chi connectivity index (χ1n) is 5.81. The third-order valence-corrected chi connectivity index (χ3v) is 2.77. The van der Waals surface area contributed by atoms with Crippen LogP contribution < -0.4 is 5.32 Å². The van der Waals surface area contributed by atoms with Crippen LogP contribution in [-0.2, 0) is 11.3 Å². The summed E-state index contributed by atoms with van der Waals surface area (Å²) in [5, 5.41) is 13.6. The number of ether oxygens (including phenoxy) is 1. The fraction of sp³-hybridized carbons (Fsp3) is 0.636. The SMILES string of the molecule is O=[N+]([O-])c1ccc(CNCC2CCCCO2)o1. The van der Waals surface area contributed by atoms with E-state index in [-0.39, 0.29) is 12.0 Å². The van der Waals surface area contributed by atoms with Gasteiger partial charge in [0.2, 0.25) is 0 Å². The zero-order valence-corrected chi connectivity index (χ0v) is 9.55. The maximum absolute atomic E-state index is 10.4. The Labute approximate surface area is 99.1 Å². The molecule has 1 aromatic heterocycles. The third-order valence-electron chi connectivity index (χ3n) is 2.77. The van der Waals surface area contributed by atoms with Crippen molar-refractivity contribution in [2.75, 3.05) is 13.2 Å². The predicted octanol–water partition coefficient (Wildman–Crippen LogP) is 1.85. The maximum Gasteiger partial charge on any atom is 0.433 e. The van der Waals surface area contributed by atoms with Crippen molar-refractivity contribution in [3.8, 4) is 0 Å². The lowest BCUT2D eigenvalue weighted by molar-refractivity contribution is -0.402. The normalized spacial score (nSPS) is 20.4. The standard InChI is InChI=1S/C11H16N2O4/c14-13(15)11-5-4-10(17-11)8-12-7-9-3-1-2-6-16-9/h4-5,9,12H,1-3,6-8H2. The van der Waals surface area contributed by atoms with Gasteiger partial charge in [0.25, 0.3) is 0 Å². The monoisotopic (exact) mass is 240 g/mol. The van der Waals surface area contributed by atoms with Gasteiger partial charge in [-0.15, -0.1) is 0 Å². The van der Waals surface area contributed by atoms with Gasteiger partial charge in [-0.1, -0.05) is 0 Å². The molecule has 94 valence electrons. The summed E-state index contributed by atoms with van der Waals surface area (Å²) in [5.41, 5.74) is 0. The third kappa shape index (κ3) is 3.54. The highest BCUT2D eigenvalue weighted by atomic mass is 16.6. The van der Waals surface area contributed by atoms with Gasteiger partial charge in [0, 0.05) is 13.2 Å². The molecule has 1 aliphatic heterocycles. The number of nitro groups is 1. The summed E-state index contributed by atoms with van der Waals surface area (Å²) in [4.78, 5) is 9.87. The van der Waals surface area contributed by atoms with E-state index >= 15 is 0 Å². The maximum atomic E-state index is 10.4. The molecule has 1 aromatic rings. The van der Waals surface area contributed by atoms with Crippen LogP contribution in [0.15, 0.2) is 16.5 Å². The lowest BCUT2D eigenvalue weighted by atomic mass is 10.1. The second-order valence-electron chi connectivity index (χ2n) is 4.12. The van der Waals surface area contributed by atoms with E-state index in [4.69, 9.17) is 9.15 Å². The fourth-order valence-corrected chi connectivity index (χ4v) is 1.88. The topological polar surface area (TPSA) is 77.5 Å². The van der Waals surface area contributed by atoms with E-state index in [1.807, 2.05) is 0 Å². The van der Waals surface area contributed by atoms with Crippen molar-refractivity contribution in [1.82, 2.24) is 5.32 Å². The van der Waals surface area contributed by atoms with E-state index in [0.29, 0.717) is 12.3 Å². The molecule has 1 N–H and O–H groups in total. The van der Waals surface area contributed by atoms with Crippen molar-refractivity contribution in [2.24, 2.45) is 0 Å². The van der Waals surface area contributed by atoms with Crippen LogP contribution in [0.5, 0.6) is 0 Å². The zero-order valence-electron chi connectivity index (χ0n) is 9.55. The van der Waals surface area contributed by atoms with Crippen molar-refractivity contribution < 1.29 is 14.1 Å². The van der Waals surface area contributed by atoms with Gasteiger partial charge in [0.05, 0.1) is 18.7 Å². The Balaban J connectivity index is 1.71. The molecule has 1 atom stereocenters. The summed E-state index contributed by atoms with van der Waals surface area (Å²) in [5.74, 6) is 0.364. The van der Waals surface area contributed by atoms with Crippen LogP contribution in [0.25, 0.3) is 0 Å². The predicted molar refractivity (Wildman–Crippen MR) is 60.7 cm³/mol. The molecule has 1 fully saturated rings. The number of furan rings is 1. The second-order valence-corrected chi connectivity index (χ2v) is 4.12. The van der Waals surface area contributed by atoms with E-state index in [9.17, 15) is 10.1 Å². The first-order valence-corrected chi connectivity index (χ1v) is 5.81. The van der Waals surface area contributed by atoms with Gasteiger partial charge >= 0.3 is 5.88 Å². The van der Waals surface area contributed by atoms with Crippen molar-refractivity contribution in [3.63, 3.8) is 0 Å². The Kier molecular flexibility index (Phi) is 4.11. The first-order chi connectivity index (χ1) is 8.25. The number of hydrogen-bond donors (Lipinski definition) is 1. The van der Waals surface area contributed by atoms with E-state index in [1.165, 1.54) is 12.5 Å². The molecule has 1 aliphatic rings. The van der Waals surface area contributed by atoms with Crippen LogP contribution in [0, 0.1) is 10.1 Å². The molecule has 1 unspecified atom stereocenters. The Morgan fingerprint density at radius 1 is 1.47 bits per heavy atom. The molecule has 0 bridgehead atoms. The van der Waals surface area contributed by atoms with Crippen molar-refractivity contribution >= 4 is 5.88 Å². The number of nitrogens with zero attached hydrogens (tertiary/aromatic N) is 1. The van der Waals surface area contributed by atoms with Gasteiger partial charge in [-0.3, -0.25) is 10.1 Å². The summed E-state index contributed by atoms with van der Waals surface area (Å²) >= 11 is 0. The molecule has 1 saturated heterocycles. The van der Waals surface area contributed by atoms with Gasteiger partial charge in [0.15, 0.2) is 0 Å². The Morgan fingerprint density at radius 3 is 3.00 bits per heavy atom. The van der Waals surface area contributed by atoms with Crippen LogP contribution in [-0.4, -0.2) is 24.2 Å². The molecule has 0 aliphatic carbocycles. The molecule has 0 aromatic carbocycles. The summed E-state index contributed by atoms with van der Waals surface area (Å²) in [6.07, 6.45) is 3.68. The highest BCUT2D eigenvalue weighted by Gasteiger charge is 2.14. The Bertz CT molecular complexity index is 371. The minimum Gasteiger partial charge on any atom is -0.404 e. The highest BCUT2D eigenvalue weighted by Crippen LogP contribution is 2.16. The smallest absolute Gasteiger partial charge is 0.404 e. The quantitative estimate of drug-likeness (QED) is 0.627. The van der Waals surface area contributed by atoms with E-state index in [0.717, 1.165) is 26.0 Å². The Morgan fingerprint density at radius 2 is 2.35 bits per heavy atom. The number of nitrogens with one attached hydrogen (secondary N) is 1. The van der Waals surface area contributed by atoms with E-state index in [1.54, 1.807) is 6.07 Å². The minimum atomic E-state index is -0.534. The second kappa shape index (κ2) is 5.79. The van der Waals surface area contributed by atoms with Gasteiger partial charge in [0.1, 0.15) is 10.7 Å². The van der Waals surface area contributed by atoms with Crippen molar-refractivity contribution in [2.45, 2.75) is 31.9 Å². The van der Waals surface area contributed by atoms with Crippen molar-refractivity contribution in [1.29, 1.82) is 0 Å². The molecular formula is C11H16N2O4. The summed E-state index contributed by atoms with van der Waals surface area (Å²) in [6.45, 7) is 2.08. The molecule has 6 heteroatoms. The lowest BCUT2D eigenvalue weighted by Crippen LogP contribution is -2.31. The average Bonchev–Trinajstić information content (AvgIpc) is 2.79. The van der Waals surface area contributed by atoms with Crippen LogP contribution >= 0.6 is 0 Å². The zero-order chi connectivity index (χ0) is 12.1. The molecular weight excluding hydrogens is 224 g/mol. The van der Waals surface area contributed by atoms with Crippen LogP contribution in [0.3, 0.4) is 0 Å². The van der Waals surface area contributed by atoms with Crippen LogP contribution in [0.1, 0.15) is 25.0 Å². The minimum absolute atomic E-state index is 0.212. The first kappa shape index (κ1) is 12.1. The number of hydrogen-bond acceptors (Lipinski definition) is 5. The molecule has 2 rings (SSSR count). The van der Waals surface area contributed by atoms with Gasteiger partial charge < -0.3 is 14.5 Å². The summed E-state index contributed by atoms with van der Waals surface area (Å²) in [7, 11) is 0. The van der Waals surface area contributed by atoms with Crippen LogP contribution in [0.4, 0.5) is 5.88 Å².